The van der Waals surface area contributed by atoms with Crippen molar-refractivity contribution in [3.8, 4) is 0 Å². The zero-order valence-corrected chi connectivity index (χ0v) is 15.4. The Morgan fingerprint density at radius 3 is 1.11 bits per heavy atom. The molecule has 0 heterocycles. The van der Waals surface area contributed by atoms with Gasteiger partial charge in [0.05, 0.1) is 0 Å². The Morgan fingerprint density at radius 1 is 0.789 bits per heavy atom. The first-order chi connectivity index (χ1) is 8.84. The van der Waals surface area contributed by atoms with Gasteiger partial charge in [-0.2, -0.15) is 45.5 Å². The van der Waals surface area contributed by atoms with Crippen molar-refractivity contribution in [2.75, 3.05) is 0 Å². The van der Waals surface area contributed by atoms with Crippen molar-refractivity contribution in [2.45, 2.75) is 41.5 Å². The Labute approximate surface area is 133 Å². The third-order valence-electron chi connectivity index (χ3n) is 3.53. The molecule has 0 radical (unpaired) electrons. The number of aryl methyl sites for hydroxylation is 4. The summed E-state index contributed by atoms with van der Waals surface area (Å²) in [6.07, 6.45) is 0. The summed E-state index contributed by atoms with van der Waals surface area (Å²) in [6.45, 7) is 12.9. The molecule has 0 saturated heterocycles. The van der Waals surface area contributed by atoms with Crippen LogP contribution in [0, 0.1) is 41.5 Å². The van der Waals surface area contributed by atoms with Gasteiger partial charge in [-0.1, -0.05) is 41.5 Å². The summed E-state index contributed by atoms with van der Waals surface area (Å²) in [7, 11) is 9.72. The van der Waals surface area contributed by atoms with Crippen LogP contribution in [-0.2, 0) is 14.4 Å². The van der Waals surface area contributed by atoms with E-state index in [1.807, 2.05) is 0 Å². The predicted octanol–water partition coefficient (Wildman–Crippen LogP) is 6.04. The van der Waals surface area contributed by atoms with E-state index in [-0.39, 0.29) is 14.4 Å². The first-order valence-electron chi connectivity index (χ1n) is 6.16. The molecule has 0 saturated carbocycles. The topological polar surface area (TPSA) is 0 Å². The molecule has 2 rings (SSSR count). The van der Waals surface area contributed by atoms with Crippen LogP contribution < -0.4 is 0 Å². The first kappa shape index (κ1) is 18.9. The van der Waals surface area contributed by atoms with E-state index in [0.717, 1.165) is 0 Å². The number of rotatable bonds is 0. The molecule has 0 nitrogen and oxygen atoms in total. The second-order valence-corrected chi connectivity index (χ2v) is 7.02. The molecule has 0 N–H and O–H groups in total. The monoisotopic (exact) mass is 335 g/mol. The molecule has 0 fully saturated rings. The quantitative estimate of drug-likeness (QED) is 0.515. The van der Waals surface area contributed by atoms with Gasteiger partial charge >= 0.3 is 34.1 Å². The van der Waals surface area contributed by atoms with Crippen molar-refractivity contribution in [3.05, 3.63) is 57.6 Å². The van der Waals surface area contributed by atoms with Crippen molar-refractivity contribution in [1.82, 2.24) is 0 Å². The van der Waals surface area contributed by atoms with Gasteiger partial charge in [-0.15, -0.1) is 0 Å². The van der Waals surface area contributed by atoms with E-state index in [0.29, 0.717) is 0 Å². The van der Waals surface area contributed by atoms with Crippen LogP contribution in [0.4, 0.5) is 0 Å². The van der Waals surface area contributed by atoms with Crippen molar-refractivity contribution in [2.24, 2.45) is 0 Å². The standard InChI is InChI=1S/2C8H11.2ClH.V/c2*1-6-4-5-7(2)8(6)3;;;/h2*4-5H,1-3H3;2*1H;/q2*-1;;;+2/p-2. The van der Waals surface area contributed by atoms with Crippen LogP contribution in [0.5, 0.6) is 0 Å². The summed E-state index contributed by atoms with van der Waals surface area (Å²) < 4.78 is 0. The average Bonchev–Trinajstić information content (AvgIpc) is 2.82. The van der Waals surface area contributed by atoms with Gasteiger partial charge in [0.25, 0.3) is 0 Å². The molecule has 0 spiro atoms. The van der Waals surface area contributed by atoms with E-state index in [9.17, 15) is 0 Å². The van der Waals surface area contributed by atoms with E-state index >= 15 is 0 Å². The summed E-state index contributed by atoms with van der Waals surface area (Å²) >= 11 is -0.368. The maximum absolute atomic E-state index is 4.86. The predicted molar refractivity (Wildman–Crippen MR) is 84.2 cm³/mol. The van der Waals surface area contributed by atoms with Gasteiger partial charge in [0.1, 0.15) is 0 Å². The van der Waals surface area contributed by atoms with Crippen molar-refractivity contribution >= 4 is 19.7 Å². The SMILES string of the molecule is Cc1cc[c-](C)c1C.Cc1cc[c-](C)c1C.[Cl][V][Cl]. The summed E-state index contributed by atoms with van der Waals surface area (Å²) in [6, 6.07) is 8.63. The molecular formula is C16H22Cl2V-2. The molecule has 0 amide bonds. The fourth-order valence-electron chi connectivity index (χ4n) is 1.62. The molecule has 2 aromatic rings. The molecule has 0 aliphatic heterocycles. The van der Waals surface area contributed by atoms with Gasteiger partial charge in [-0.05, 0) is 0 Å². The van der Waals surface area contributed by atoms with Gasteiger partial charge in [-0.25, -0.2) is 12.1 Å². The third kappa shape index (κ3) is 6.72. The molecule has 107 valence electrons. The van der Waals surface area contributed by atoms with Gasteiger partial charge in [0, 0.05) is 0 Å². The number of hydrogen-bond donors (Lipinski definition) is 0. The van der Waals surface area contributed by atoms with Gasteiger partial charge in [0.15, 0.2) is 0 Å². The van der Waals surface area contributed by atoms with Crippen molar-refractivity contribution in [1.29, 1.82) is 0 Å². The van der Waals surface area contributed by atoms with Gasteiger partial charge in [-0.3, -0.25) is 0 Å². The summed E-state index contributed by atoms with van der Waals surface area (Å²) in [4.78, 5) is 0. The van der Waals surface area contributed by atoms with Gasteiger partial charge < -0.3 is 0 Å². The third-order valence-corrected chi connectivity index (χ3v) is 3.53. The van der Waals surface area contributed by atoms with Crippen LogP contribution in [0.25, 0.3) is 0 Å². The van der Waals surface area contributed by atoms with Crippen LogP contribution >= 0.6 is 19.7 Å². The van der Waals surface area contributed by atoms with E-state index in [1.54, 1.807) is 0 Å². The number of hydrogen-bond acceptors (Lipinski definition) is 0. The molecular weight excluding hydrogens is 314 g/mol. The van der Waals surface area contributed by atoms with Crippen LogP contribution in [-0.4, -0.2) is 0 Å². The van der Waals surface area contributed by atoms with Crippen molar-refractivity contribution < 1.29 is 14.4 Å². The summed E-state index contributed by atoms with van der Waals surface area (Å²) in [5, 5.41) is 0. The van der Waals surface area contributed by atoms with E-state index in [2.05, 4.69) is 65.8 Å². The van der Waals surface area contributed by atoms with Crippen LogP contribution in [0.1, 0.15) is 33.4 Å². The molecule has 19 heavy (non-hydrogen) atoms. The molecule has 0 aromatic heterocycles. The molecule has 0 atom stereocenters. The van der Waals surface area contributed by atoms with E-state index < -0.39 is 0 Å². The molecule has 0 aliphatic rings. The summed E-state index contributed by atoms with van der Waals surface area (Å²) in [5.41, 5.74) is 8.49. The van der Waals surface area contributed by atoms with Crippen LogP contribution in [0.15, 0.2) is 24.3 Å². The minimum absolute atomic E-state index is 0.368. The Hall–Kier alpha value is -0.136. The molecule has 3 heteroatoms. The van der Waals surface area contributed by atoms with E-state index in [1.165, 1.54) is 33.4 Å². The Kier molecular flexibility index (Phi) is 9.65. The first-order valence-corrected chi connectivity index (χ1v) is 10.0. The average molecular weight is 336 g/mol. The number of halogens is 2. The fraction of sp³-hybridized carbons (Fsp3) is 0.375. The second kappa shape index (κ2) is 9.72. The Bertz CT molecular complexity index is 398. The Morgan fingerprint density at radius 2 is 1.05 bits per heavy atom. The van der Waals surface area contributed by atoms with Gasteiger partial charge in [0.2, 0.25) is 0 Å². The fourth-order valence-corrected chi connectivity index (χ4v) is 1.62. The van der Waals surface area contributed by atoms with Crippen LogP contribution in [0.2, 0.25) is 0 Å². The Balaban J connectivity index is 0.000000284. The molecule has 0 bridgehead atoms. The minimum atomic E-state index is -0.368. The molecule has 0 aliphatic carbocycles. The zero-order valence-electron chi connectivity index (χ0n) is 12.5. The maximum atomic E-state index is 4.86. The second-order valence-electron chi connectivity index (χ2n) is 4.71. The zero-order chi connectivity index (χ0) is 15.0. The summed E-state index contributed by atoms with van der Waals surface area (Å²) in [5.74, 6) is 0. The van der Waals surface area contributed by atoms with Crippen molar-refractivity contribution in [3.63, 3.8) is 0 Å². The van der Waals surface area contributed by atoms with Crippen LogP contribution in [0.3, 0.4) is 0 Å². The molecule has 0 unspecified atom stereocenters. The normalized spacial score (nSPS) is 9.05. The van der Waals surface area contributed by atoms with E-state index in [4.69, 9.17) is 19.7 Å². The molecule has 2 aromatic carbocycles.